The minimum absolute atomic E-state index is 0.0758. The van der Waals surface area contributed by atoms with Gasteiger partial charge in [0.1, 0.15) is 17.1 Å². The molecule has 2 aromatic heterocycles. The number of hydrogen-bond acceptors (Lipinski definition) is 7. The van der Waals surface area contributed by atoms with E-state index in [9.17, 15) is 4.79 Å². The summed E-state index contributed by atoms with van der Waals surface area (Å²) in [5.41, 5.74) is 3.00. The molecule has 0 saturated heterocycles. The summed E-state index contributed by atoms with van der Waals surface area (Å²) in [6.45, 7) is 0.493. The zero-order chi connectivity index (χ0) is 20.1. The van der Waals surface area contributed by atoms with E-state index in [-0.39, 0.29) is 11.7 Å². The SMILES string of the molecule is COc1ccc(-n2nnc3c(SCC(=O)NCc4ccccc4)ncnc32)cc1. The van der Waals surface area contributed by atoms with Gasteiger partial charge in [-0.25, -0.2) is 9.97 Å². The minimum Gasteiger partial charge on any atom is -0.497 e. The first-order valence-electron chi connectivity index (χ1n) is 8.89. The van der Waals surface area contributed by atoms with Crippen molar-refractivity contribution in [3.63, 3.8) is 0 Å². The Morgan fingerprint density at radius 2 is 1.90 bits per heavy atom. The highest BCUT2D eigenvalue weighted by molar-refractivity contribution is 8.00. The highest BCUT2D eigenvalue weighted by atomic mass is 32.2. The number of nitrogens with zero attached hydrogens (tertiary/aromatic N) is 5. The van der Waals surface area contributed by atoms with Crippen LogP contribution in [0.4, 0.5) is 0 Å². The molecule has 2 heterocycles. The minimum atomic E-state index is -0.0758. The van der Waals surface area contributed by atoms with Gasteiger partial charge in [0.15, 0.2) is 11.2 Å². The van der Waals surface area contributed by atoms with Gasteiger partial charge in [-0.3, -0.25) is 4.79 Å². The number of carbonyl (C=O) groups is 1. The second-order valence-electron chi connectivity index (χ2n) is 6.10. The molecule has 0 fully saturated rings. The number of carbonyl (C=O) groups excluding carboxylic acids is 1. The van der Waals surface area contributed by atoms with Gasteiger partial charge in [0, 0.05) is 6.54 Å². The number of benzene rings is 2. The van der Waals surface area contributed by atoms with Crippen molar-refractivity contribution in [1.29, 1.82) is 0 Å². The molecule has 146 valence electrons. The molecular formula is C20H18N6O2S. The predicted molar refractivity (Wildman–Crippen MR) is 110 cm³/mol. The van der Waals surface area contributed by atoms with Gasteiger partial charge in [0.2, 0.25) is 5.91 Å². The number of fused-ring (bicyclic) bond motifs is 1. The van der Waals surface area contributed by atoms with Crippen molar-refractivity contribution in [1.82, 2.24) is 30.3 Å². The van der Waals surface area contributed by atoms with Crippen LogP contribution >= 0.6 is 11.8 Å². The van der Waals surface area contributed by atoms with Crippen LogP contribution in [-0.2, 0) is 11.3 Å². The summed E-state index contributed by atoms with van der Waals surface area (Å²) in [5, 5.41) is 11.9. The highest BCUT2D eigenvalue weighted by Crippen LogP contribution is 2.24. The molecule has 8 nitrogen and oxygen atoms in total. The highest BCUT2D eigenvalue weighted by Gasteiger charge is 2.14. The Kier molecular flexibility index (Phi) is 5.66. The summed E-state index contributed by atoms with van der Waals surface area (Å²) in [5.74, 6) is 0.910. The van der Waals surface area contributed by atoms with Crippen LogP contribution in [-0.4, -0.2) is 43.7 Å². The van der Waals surface area contributed by atoms with Crippen LogP contribution in [0, 0.1) is 0 Å². The smallest absolute Gasteiger partial charge is 0.230 e. The lowest BCUT2D eigenvalue weighted by Crippen LogP contribution is -2.24. The molecule has 0 aliphatic carbocycles. The number of methoxy groups -OCH3 is 1. The van der Waals surface area contributed by atoms with E-state index in [1.165, 1.54) is 18.1 Å². The molecule has 0 saturated carbocycles. The van der Waals surface area contributed by atoms with Crippen molar-refractivity contribution >= 4 is 28.8 Å². The fourth-order valence-electron chi connectivity index (χ4n) is 2.71. The summed E-state index contributed by atoms with van der Waals surface area (Å²) in [6, 6.07) is 17.2. The van der Waals surface area contributed by atoms with E-state index in [0.717, 1.165) is 17.0 Å². The lowest BCUT2D eigenvalue weighted by molar-refractivity contribution is -0.118. The van der Waals surface area contributed by atoms with E-state index >= 15 is 0 Å². The predicted octanol–water partition coefficient (Wildman–Crippen LogP) is 2.63. The van der Waals surface area contributed by atoms with Crippen LogP contribution < -0.4 is 10.1 Å². The molecule has 4 aromatic rings. The van der Waals surface area contributed by atoms with Gasteiger partial charge < -0.3 is 10.1 Å². The summed E-state index contributed by atoms with van der Waals surface area (Å²) in [6.07, 6.45) is 1.45. The summed E-state index contributed by atoms with van der Waals surface area (Å²) in [7, 11) is 1.62. The Labute approximate surface area is 171 Å². The zero-order valence-corrected chi connectivity index (χ0v) is 16.5. The van der Waals surface area contributed by atoms with Crippen LogP contribution in [0.25, 0.3) is 16.9 Å². The van der Waals surface area contributed by atoms with Gasteiger partial charge in [-0.05, 0) is 29.8 Å². The Hall–Kier alpha value is -3.46. The molecule has 0 aliphatic heterocycles. The van der Waals surface area contributed by atoms with Crippen molar-refractivity contribution in [2.24, 2.45) is 0 Å². The number of hydrogen-bond donors (Lipinski definition) is 1. The third-order valence-electron chi connectivity index (χ3n) is 4.19. The van der Waals surface area contributed by atoms with Crippen molar-refractivity contribution in [2.45, 2.75) is 11.6 Å². The maximum atomic E-state index is 12.2. The summed E-state index contributed by atoms with van der Waals surface area (Å²) < 4.78 is 6.82. The average Bonchev–Trinajstić information content (AvgIpc) is 3.22. The Morgan fingerprint density at radius 1 is 1.10 bits per heavy atom. The number of ether oxygens (including phenoxy) is 1. The van der Waals surface area contributed by atoms with E-state index < -0.39 is 0 Å². The summed E-state index contributed by atoms with van der Waals surface area (Å²) in [4.78, 5) is 20.8. The van der Waals surface area contributed by atoms with Gasteiger partial charge in [-0.2, -0.15) is 4.68 Å². The molecule has 0 spiro atoms. The molecule has 0 radical (unpaired) electrons. The van der Waals surface area contributed by atoms with Crippen LogP contribution in [0.5, 0.6) is 5.75 Å². The molecular weight excluding hydrogens is 388 g/mol. The Bertz CT molecular complexity index is 1110. The van der Waals surface area contributed by atoms with Crippen molar-refractivity contribution < 1.29 is 9.53 Å². The van der Waals surface area contributed by atoms with Crippen molar-refractivity contribution in [3.05, 3.63) is 66.5 Å². The normalized spacial score (nSPS) is 10.8. The molecule has 0 atom stereocenters. The third-order valence-corrected chi connectivity index (χ3v) is 5.17. The van der Waals surface area contributed by atoms with E-state index in [2.05, 4.69) is 25.6 Å². The van der Waals surface area contributed by atoms with Crippen molar-refractivity contribution in [3.8, 4) is 11.4 Å². The molecule has 0 bridgehead atoms. The monoisotopic (exact) mass is 406 g/mol. The first-order chi connectivity index (χ1) is 14.2. The van der Waals surface area contributed by atoms with E-state index in [1.807, 2.05) is 54.6 Å². The molecule has 1 amide bonds. The molecule has 0 unspecified atom stereocenters. The van der Waals surface area contributed by atoms with Crippen LogP contribution in [0.15, 0.2) is 66.0 Å². The molecule has 29 heavy (non-hydrogen) atoms. The first kappa shape index (κ1) is 18.9. The molecule has 0 aliphatic rings. The Morgan fingerprint density at radius 3 is 2.66 bits per heavy atom. The molecule has 9 heteroatoms. The molecule has 2 aromatic carbocycles. The van der Waals surface area contributed by atoms with E-state index in [0.29, 0.717) is 22.7 Å². The van der Waals surface area contributed by atoms with E-state index in [1.54, 1.807) is 11.8 Å². The fraction of sp³-hybridized carbons (Fsp3) is 0.150. The number of nitrogens with one attached hydrogen (secondary N) is 1. The van der Waals surface area contributed by atoms with E-state index in [4.69, 9.17) is 4.74 Å². The Balaban J connectivity index is 1.45. The van der Waals surface area contributed by atoms with Crippen LogP contribution in [0.2, 0.25) is 0 Å². The van der Waals surface area contributed by atoms with Gasteiger partial charge in [0.05, 0.1) is 18.6 Å². The largest absolute Gasteiger partial charge is 0.497 e. The summed E-state index contributed by atoms with van der Waals surface area (Å²) >= 11 is 1.31. The fourth-order valence-corrected chi connectivity index (χ4v) is 3.47. The second-order valence-corrected chi connectivity index (χ2v) is 7.07. The van der Waals surface area contributed by atoms with Gasteiger partial charge >= 0.3 is 0 Å². The number of thioether (sulfide) groups is 1. The van der Waals surface area contributed by atoms with Gasteiger partial charge in [-0.1, -0.05) is 47.3 Å². The second kappa shape index (κ2) is 8.70. The van der Waals surface area contributed by atoms with Crippen LogP contribution in [0.1, 0.15) is 5.56 Å². The lowest BCUT2D eigenvalue weighted by Gasteiger charge is -2.05. The topological polar surface area (TPSA) is 94.8 Å². The zero-order valence-electron chi connectivity index (χ0n) is 15.6. The van der Waals surface area contributed by atoms with Crippen molar-refractivity contribution in [2.75, 3.05) is 12.9 Å². The quantitative estimate of drug-likeness (QED) is 0.372. The standard InChI is InChI=1S/C20H18N6O2S/c1-28-16-9-7-15(8-10-16)26-19-18(24-25-26)20(23-13-22-19)29-12-17(27)21-11-14-5-3-2-4-6-14/h2-10,13H,11-12H2,1H3,(H,21,27). The molecule has 1 N–H and O–H groups in total. The van der Waals surface area contributed by atoms with Gasteiger partial charge in [-0.15, -0.1) is 5.10 Å². The first-order valence-corrected chi connectivity index (χ1v) is 9.87. The number of amides is 1. The maximum Gasteiger partial charge on any atom is 0.230 e. The number of aromatic nitrogens is 5. The van der Waals surface area contributed by atoms with Gasteiger partial charge in [0.25, 0.3) is 0 Å². The molecule has 4 rings (SSSR count). The lowest BCUT2D eigenvalue weighted by atomic mass is 10.2. The number of rotatable bonds is 7. The third kappa shape index (κ3) is 4.35. The maximum absolute atomic E-state index is 12.2. The average molecular weight is 406 g/mol. The van der Waals surface area contributed by atoms with Crippen LogP contribution in [0.3, 0.4) is 0 Å².